The first-order valence-corrected chi connectivity index (χ1v) is 6.62. The fourth-order valence-electron chi connectivity index (χ4n) is 2.44. The van der Waals surface area contributed by atoms with Crippen LogP contribution >= 0.6 is 0 Å². The zero-order chi connectivity index (χ0) is 13.8. The first-order valence-electron chi connectivity index (χ1n) is 6.62. The molecule has 0 bridgehead atoms. The fraction of sp³-hybridized carbons (Fsp3) is 1.00. The van der Waals surface area contributed by atoms with E-state index in [1.54, 1.807) is 0 Å². The van der Waals surface area contributed by atoms with Gasteiger partial charge in [-0.25, -0.2) is 0 Å². The average molecular weight is 278 g/mol. The highest BCUT2D eigenvalue weighted by molar-refractivity contribution is 4.80. The Labute approximate surface area is 111 Å². The molecular weight excluding hydrogens is 256 g/mol. The summed E-state index contributed by atoms with van der Waals surface area (Å²) in [5.74, 6) is 0. The van der Waals surface area contributed by atoms with E-state index >= 15 is 0 Å². The molecule has 0 aliphatic carbocycles. The van der Waals surface area contributed by atoms with Gasteiger partial charge in [0, 0.05) is 19.3 Å². The van der Waals surface area contributed by atoms with Gasteiger partial charge >= 0.3 is 0 Å². The Bertz CT molecular complexity index is 275. The summed E-state index contributed by atoms with van der Waals surface area (Å²) in [4.78, 5) is 0. The molecule has 0 aromatic carbocycles. The maximum Gasteiger partial charge on any atom is 0.161 e. The van der Waals surface area contributed by atoms with Gasteiger partial charge in [-0.1, -0.05) is 0 Å². The zero-order valence-electron chi connectivity index (χ0n) is 10.7. The van der Waals surface area contributed by atoms with Crippen LogP contribution in [-0.4, -0.2) is 77.1 Å². The molecule has 0 aromatic heterocycles. The van der Waals surface area contributed by atoms with Crippen LogP contribution in [0.15, 0.2) is 0 Å². The highest BCUT2D eigenvalue weighted by atomic mass is 16.7. The molecule has 7 nitrogen and oxygen atoms in total. The van der Waals surface area contributed by atoms with Crippen molar-refractivity contribution in [3.05, 3.63) is 0 Å². The van der Waals surface area contributed by atoms with E-state index in [9.17, 15) is 10.2 Å². The molecule has 2 fully saturated rings. The average Bonchev–Trinajstić information content (AvgIpc) is 2.40. The van der Waals surface area contributed by atoms with Crippen LogP contribution in [0.25, 0.3) is 0 Å². The fourth-order valence-corrected chi connectivity index (χ4v) is 2.44. The molecule has 2 rings (SSSR count). The molecule has 0 radical (unpaired) electrons. The van der Waals surface area contributed by atoms with Crippen LogP contribution in [-0.2, 0) is 14.2 Å². The van der Waals surface area contributed by atoms with Crippen molar-refractivity contribution < 1.29 is 34.6 Å². The van der Waals surface area contributed by atoms with Gasteiger partial charge < -0.3 is 34.6 Å². The summed E-state index contributed by atoms with van der Waals surface area (Å²) in [5, 5.41) is 37.6. The van der Waals surface area contributed by atoms with Crippen LogP contribution in [0.2, 0.25) is 0 Å². The Balaban J connectivity index is 1.83. The first kappa shape index (κ1) is 15.1. The predicted octanol–water partition coefficient (Wildman–Crippen LogP) is -1.63. The molecule has 2 saturated heterocycles. The summed E-state index contributed by atoms with van der Waals surface area (Å²) in [6.45, 7) is -0.131. The lowest BCUT2D eigenvalue weighted by Gasteiger charge is -2.38. The standard InChI is InChI=1S/C12H22O7/c13-4-8-3-10(16)11(6-17-8)19-12-2-7(15)1-9(5-14)18-12/h7-16H,1-6H2/t7-,8?,9-,10-,11+,12-/m0/s1. The maximum atomic E-state index is 9.91. The van der Waals surface area contributed by atoms with Crippen LogP contribution in [0.5, 0.6) is 0 Å². The van der Waals surface area contributed by atoms with Gasteiger partial charge in [-0.2, -0.15) is 0 Å². The monoisotopic (exact) mass is 278 g/mol. The van der Waals surface area contributed by atoms with Crippen molar-refractivity contribution in [2.24, 2.45) is 0 Å². The summed E-state index contributed by atoms with van der Waals surface area (Å²) in [7, 11) is 0. The van der Waals surface area contributed by atoms with Crippen LogP contribution in [0.4, 0.5) is 0 Å². The first-order chi connectivity index (χ1) is 9.12. The van der Waals surface area contributed by atoms with Gasteiger partial charge in [0.1, 0.15) is 6.10 Å². The van der Waals surface area contributed by atoms with Crippen LogP contribution < -0.4 is 0 Å². The Hall–Kier alpha value is -0.280. The lowest BCUT2D eigenvalue weighted by atomic mass is 10.0. The van der Waals surface area contributed by atoms with E-state index in [0.29, 0.717) is 19.3 Å². The van der Waals surface area contributed by atoms with Crippen LogP contribution in [0, 0.1) is 0 Å². The maximum absolute atomic E-state index is 9.91. The molecule has 0 spiro atoms. The van der Waals surface area contributed by atoms with E-state index < -0.39 is 30.7 Å². The summed E-state index contributed by atoms with van der Waals surface area (Å²) >= 11 is 0. The third-order valence-electron chi connectivity index (χ3n) is 3.51. The second-order valence-electron chi connectivity index (χ2n) is 5.11. The minimum absolute atomic E-state index is 0.130. The second-order valence-corrected chi connectivity index (χ2v) is 5.11. The predicted molar refractivity (Wildman–Crippen MR) is 63.3 cm³/mol. The van der Waals surface area contributed by atoms with E-state index in [-0.39, 0.29) is 25.9 Å². The molecule has 112 valence electrons. The third-order valence-corrected chi connectivity index (χ3v) is 3.51. The smallest absolute Gasteiger partial charge is 0.161 e. The van der Waals surface area contributed by atoms with E-state index in [4.69, 9.17) is 24.4 Å². The van der Waals surface area contributed by atoms with E-state index in [0.717, 1.165) is 0 Å². The van der Waals surface area contributed by atoms with Gasteiger partial charge in [-0.05, 0) is 0 Å². The molecule has 19 heavy (non-hydrogen) atoms. The number of ether oxygens (including phenoxy) is 3. The summed E-state index contributed by atoms with van der Waals surface area (Å²) < 4.78 is 16.4. The topological polar surface area (TPSA) is 109 Å². The number of hydrogen-bond acceptors (Lipinski definition) is 7. The number of aliphatic hydroxyl groups excluding tert-OH is 4. The largest absolute Gasteiger partial charge is 0.394 e. The van der Waals surface area contributed by atoms with E-state index in [1.807, 2.05) is 0 Å². The SMILES string of the molecule is OCC1C[C@H](O)[C@H](O[C@H]2C[C@@H](O)C[C@@H](CO)O2)CO1. The molecule has 1 unspecified atom stereocenters. The Morgan fingerprint density at radius 3 is 2.37 bits per heavy atom. The van der Waals surface area contributed by atoms with Gasteiger partial charge in [-0.15, -0.1) is 0 Å². The molecule has 0 saturated carbocycles. The summed E-state index contributed by atoms with van der Waals surface area (Å²) in [6, 6.07) is 0. The molecule has 0 amide bonds. The van der Waals surface area contributed by atoms with Crippen molar-refractivity contribution in [1.82, 2.24) is 0 Å². The third kappa shape index (κ3) is 4.09. The Kier molecular flexibility index (Phi) is 5.52. The minimum Gasteiger partial charge on any atom is -0.394 e. The molecule has 2 aliphatic heterocycles. The lowest BCUT2D eigenvalue weighted by molar-refractivity contribution is -0.269. The Morgan fingerprint density at radius 2 is 1.74 bits per heavy atom. The van der Waals surface area contributed by atoms with Gasteiger partial charge in [0.05, 0.1) is 44.2 Å². The van der Waals surface area contributed by atoms with Gasteiger partial charge in [0.2, 0.25) is 0 Å². The second kappa shape index (κ2) is 6.94. The van der Waals surface area contributed by atoms with Crippen molar-refractivity contribution in [2.75, 3.05) is 19.8 Å². The summed E-state index contributed by atoms with van der Waals surface area (Å²) in [5.41, 5.74) is 0. The quantitative estimate of drug-likeness (QED) is 0.489. The molecule has 2 heterocycles. The highest BCUT2D eigenvalue weighted by Crippen LogP contribution is 2.24. The van der Waals surface area contributed by atoms with E-state index in [2.05, 4.69) is 0 Å². The van der Waals surface area contributed by atoms with Crippen molar-refractivity contribution in [3.63, 3.8) is 0 Å². The number of rotatable bonds is 4. The zero-order valence-corrected chi connectivity index (χ0v) is 10.7. The highest BCUT2D eigenvalue weighted by Gasteiger charge is 2.35. The van der Waals surface area contributed by atoms with Crippen molar-refractivity contribution >= 4 is 0 Å². The van der Waals surface area contributed by atoms with Crippen LogP contribution in [0.1, 0.15) is 19.3 Å². The molecule has 4 N–H and O–H groups in total. The molecular formula is C12H22O7. The number of aliphatic hydroxyl groups is 4. The van der Waals surface area contributed by atoms with Crippen molar-refractivity contribution in [2.45, 2.75) is 56.1 Å². The van der Waals surface area contributed by atoms with Crippen molar-refractivity contribution in [1.29, 1.82) is 0 Å². The minimum atomic E-state index is -0.735. The van der Waals surface area contributed by atoms with Gasteiger partial charge in [-0.3, -0.25) is 0 Å². The van der Waals surface area contributed by atoms with Crippen LogP contribution in [0.3, 0.4) is 0 Å². The molecule has 0 aromatic rings. The number of hydrogen-bond donors (Lipinski definition) is 4. The normalized spacial score (nSPS) is 44.2. The van der Waals surface area contributed by atoms with Gasteiger partial charge in [0.15, 0.2) is 6.29 Å². The lowest BCUT2D eigenvalue weighted by Crippen LogP contribution is -2.48. The molecule has 6 atom stereocenters. The van der Waals surface area contributed by atoms with E-state index in [1.165, 1.54) is 0 Å². The molecule has 2 aliphatic rings. The van der Waals surface area contributed by atoms with Gasteiger partial charge in [0.25, 0.3) is 0 Å². The summed E-state index contributed by atoms with van der Waals surface area (Å²) in [6.07, 6.45) is -2.33. The van der Waals surface area contributed by atoms with Crippen molar-refractivity contribution in [3.8, 4) is 0 Å². The molecule has 7 heteroatoms. The Morgan fingerprint density at radius 1 is 1.00 bits per heavy atom.